The van der Waals surface area contributed by atoms with Gasteiger partial charge in [0.1, 0.15) is 11.9 Å². The SMILES string of the molecule is COC1=c2c(c(=O)[nH]c(=O)n2C2CC2)=C(C(F)F)C(F)C1c1cc2c(s1)CCC(C(N)CO)C2. The van der Waals surface area contributed by atoms with Crippen molar-refractivity contribution >= 4 is 22.7 Å². The summed E-state index contributed by atoms with van der Waals surface area (Å²) in [5, 5.41) is 8.87. The predicted octanol–water partition coefficient (Wildman–Crippen LogP) is 0.663. The maximum Gasteiger partial charge on any atom is 0.329 e. The Balaban J connectivity index is 1.74. The molecule has 184 valence electrons. The highest BCUT2D eigenvalue weighted by molar-refractivity contribution is 7.12. The van der Waals surface area contributed by atoms with Crippen LogP contribution in [0.1, 0.15) is 46.5 Å². The summed E-state index contributed by atoms with van der Waals surface area (Å²) in [5.74, 6) is -1.11. The van der Waals surface area contributed by atoms with Gasteiger partial charge in [-0.05, 0) is 49.7 Å². The first-order valence-electron chi connectivity index (χ1n) is 11.3. The van der Waals surface area contributed by atoms with Gasteiger partial charge in [0, 0.05) is 27.4 Å². The molecule has 1 fully saturated rings. The molecule has 2 aromatic heterocycles. The van der Waals surface area contributed by atoms with Gasteiger partial charge in [0.15, 0.2) is 0 Å². The van der Waals surface area contributed by atoms with E-state index >= 15 is 4.39 Å². The summed E-state index contributed by atoms with van der Waals surface area (Å²) in [6.07, 6.45) is -2.03. The van der Waals surface area contributed by atoms with E-state index < -0.39 is 40.6 Å². The Labute approximate surface area is 196 Å². The van der Waals surface area contributed by atoms with Crippen LogP contribution in [0.3, 0.4) is 0 Å². The summed E-state index contributed by atoms with van der Waals surface area (Å²) in [4.78, 5) is 28.9. The summed E-state index contributed by atoms with van der Waals surface area (Å²) in [6.45, 7) is -0.134. The number of hydrogen-bond acceptors (Lipinski definition) is 6. The molecule has 7 nitrogen and oxygen atoms in total. The number of alkyl halides is 3. The second-order valence-electron chi connectivity index (χ2n) is 9.23. The number of aliphatic hydroxyl groups excluding tert-OH is 1. The number of fused-ring (bicyclic) bond motifs is 2. The minimum atomic E-state index is -3.22. The normalized spacial score (nSPS) is 25.3. The van der Waals surface area contributed by atoms with E-state index in [1.54, 1.807) is 6.07 Å². The van der Waals surface area contributed by atoms with E-state index in [1.165, 1.54) is 23.0 Å². The Morgan fingerprint density at radius 1 is 1.32 bits per heavy atom. The van der Waals surface area contributed by atoms with Crippen LogP contribution in [-0.2, 0) is 17.6 Å². The van der Waals surface area contributed by atoms with E-state index in [2.05, 4.69) is 4.98 Å². The largest absolute Gasteiger partial charge is 0.498 e. The van der Waals surface area contributed by atoms with E-state index in [9.17, 15) is 23.5 Å². The van der Waals surface area contributed by atoms with Crippen molar-refractivity contribution < 1.29 is 23.0 Å². The van der Waals surface area contributed by atoms with E-state index in [-0.39, 0.29) is 35.7 Å². The van der Waals surface area contributed by atoms with Crippen LogP contribution in [0.4, 0.5) is 13.2 Å². The minimum absolute atomic E-state index is 0.0178. The smallest absolute Gasteiger partial charge is 0.329 e. The van der Waals surface area contributed by atoms with E-state index in [4.69, 9.17) is 10.5 Å². The fraction of sp³-hybridized carbons (Fsp3) is 0.565. The predicted molar refractivity (Wildman–Crippen MR) is 121 cm³/mol. The third kappa shape index (κ3) is 3.64. The molecule has 0 spiro atoms. The number of nitrogens with one attached hydrogen (secondary N) is 1. The Morgan fingerprint density at radius 2 is 2.06 bits per heavy atom. The number of H-pyrrole nitrogens is 1. The molecule has 3 aliphatic carbocycles. The van der Waals surface area contributed by atoms with Crippen molar-refractivity contribution in [1.82, 2.24) is 9.55 Å². The molecule has 0 saturated heterocycles. The number of nitrogens with zero attached hydrogens (tertiary/aromatic N) is 1. The highest BCUT2D eigenvalue weighted by Gasteiger charge is 2.43. The standard InChI is InChI=1S/C23H26F3N3O4S/c1-33-20-15(14-7-10-6-9(12(27)8-30)2-5-13(10)34-14)18(24)16(21(25)26)17-19(20)29(11-3-4-11)23(32)28-22(17)31/h7,9,11-12,15,18,21,30H,2-6,8,27H2,1H3,(H,28,31,32). The van der Waals surface area contributed by atoms with Crippen molar-refractivity contribution in [2.75, 3.05) is 13.7 Å². The number of halogens is 3. The zero-order chi connectivity index (χ0) is 24.3. The van der Waals surface area contributed by atoms with Crippen LogP contribution >= 0.6 is 11.3 Å². The number of hydrogen-bond donors (Lipinski definition) is 3. The number of rotatable bonds is 6. The van der Waals surface area contributed by atoms with Gasteiger partial charge in [-0.25, -0.2) is 18.0 Å². The number of nitrogens with two attached hydrogens (primary N) is 1. The van der Waals surface area contributed by atoms with Gasteiger partial charge in [-0.1, -0.05) is 0 Å². The van der Waals surface area contributed by atoms with E-state index in [1.807, 2.05) is 0 Å². The number of ether oxygens (including phenoxy) is 1. The number of aryl methyl sites for hydroxylation is 1. The van der Waals surface area contributed by atoms with Crippen molar-refractivity contribution in [3.63, 3.8) is 0 Å². The first-order valence-corrected chi connectivity index (χ1v) is 12.2. The maximum absolute atomic E-state index is 15.9. The number of aromatic amines is 1. The molecule has 2 aromatic rings. The summed E-state index contributed by atoms with van der Waals surface area (Å²) in [7, 11) is 1.30. The summed E-state index contributed by atoms with van der Waals surface area (Å²) in [6, 6.07) is 1.18. The second-order valence-corrected chi connectivity index (χ2v) is 10.4. The Kier molecular flexibility index (Phi) is 5.97. The van der Waals surface area contributed by atoms with Gasteiger partial charge >= 0.3 is 5.69 Å². The van der Waals surface area contributed by atoms with Gasteiger partial charge in [0.05, 0.1) is 30.2 Å². The molecule has 3 aliphatic rings. The molecule has 5 rings (SSSR count). The average Bonchev–Trinajstić information content (AvgIpc) is 3.55. The van der Waals surface area contributed by atoms with Gasteiger partial charge in [-0.3, -0.25) is 14.3 Å². The van der Waals surface area contributed by atoms with Crippen LogP contribution in [0.5, 0.6) is 0 Å². The highest BCUT2D eigenvalue weighted by Crippen LogP contribution is 2.44. The Morgan fingerprint density at radius 3 is 2.68 bits per heavy atom. The molecule has 0 aliphatic heterocycles. The molecule has 0 amide bonds. The number of aliphatic hydroxyl groups is 1. The van der Waals surface area contributed by atoms with Crippen molar-refractivity contribution in [2.24, 2.45) is 11.7 Å². The van der Waals surface area contributed by atoms with E-state index in [0.717, 1.165) is 16.9 Å². The third-order valence-electron chi connectivity index (χ3n) is 7.17. The molecule has 4 atom stereocenters. The lowest BCUT2D eigenvalue weighted by molar-refractivity contribution is 0.186. The van der Waals surface area contributed by atoms with E-state index in [0.29, 0.717) is 30.6 Å². The zero-order valence-electron chi connectivity index (χ0n) is 18.5. The summed E-state index contributed by atoms with van der Waals surface area (Å²) < 4.78 is 51.2. The van der Waals surface area contributed by atoms with Crippen LogP contribution in [0, 0.1) is 5.92 Å². The highest BCUT2D eigenvalue weighted by atomic mass is 32.1. The number of aromatic nitrogens is 2. The van der Waals surface area contributed by atoms with Gasteiger partial charge in [0.2, 0.25) is 0 Å². The van der Waals surface area contributed by atoms with Crippen LogP contribution in [0.25, 0.3) is 11.3 Å². The maximum atomic E-state index is 15.9. The van der Waals surface area contributed by atoms with Gasteiger partial charge in [-0.2, -0.15) is 0 Å². The van der Waals surface area contributed by atoms with Crippen molar-refractivity contribution in [3.05, 3.63) is 52.8 Å². The molecular weight excluding hydrogens is 471 g/mol. The monoisotopic (exact) mass is 497 g/mol. The molecule has 34 heavy (non-hydrogen) atoms. The van der Waals surface area contributed by atoms with Crippen molar-refractivity contribution in [2.45, 2.75) is 62.7 Å². The van der Waals surface area contributed by atoms with Gasteiger partial charge in [0.25, 0.3) is 12.0 Å². The Hall–Kier alpha value is -2.37. The topological polar surface area (TPSA) is 110 Å². The van der Waals surface area contributed by atoms with Crippen LogP contribution in [0.2, 0.25) is 0 Å². The van der Waals surface area contributed by atoms with Crippen molar-refractivity contribution in [3.8, 4) is 0 Å². The summed E-state index contributed by atoms with van der Waals surface area (Å²) >= 11 is 1.34. The lowest BCUT2D eigenvalue weighted by Gasteiger charge is -2.28. The lowest BCUT2D eigenvalue weighted by atomic mass is 9.83. The zero-order valence-corrected chi connectivity index (χ0v) is 19.3. The fourth-order valence-corrected chi connectivity index (χ4v) is 6.64. The quantitative estimate of drug-likeness (QED) is 0.543. The van der Waals surface area contributed by atoms with Crippen molar-refractivity contribution in [1.29, 1.82) is 0 Å². The first-order chi connectivity index (χ1) is 16.3. The molecule has 2 heterocycles. The Bertz CT molecular complexity index is 1360. The van der Waals surface area contributed by atoms with Crippen LogP contribution in [0.15, 0.2) is 15.7 Å². The molecule has 11 heteroatoms. The third-order valence-corrected chi connectivity index (χ3v) is 8.49. The molecule has 0 radical (unpaired) electrons. The number of methoxy groups -OCH3 is 1. The number of thiophene rings is 1. The fourth-order valence-electron chi connectivity index (χ4n) is 5.31. The summed E-state index contributed by atoms with van der Waals surface area (Å²) in [5.41, 5.74) is 4.32. The molecule has 0 bridgehead atoms. The molecular formula is C23H26F3N3O4S. The first kappa shape index (κ1) is 23.4. The average molecular weight is 498 g/mol. The van der Waals surface area contributed by atoms with Crippen LogP contribution in [-0.4, -0.2) is 47.0 Å². The molecule has 4 unspecified atom stereocenters. The lowest BCUT2D eigenvalue weighted by Crippen LogP contribution is -2.59. The van der Waals surface area contributed by atoms with Gasteiger partial charge in [-0.15, -0.1) is 11.3 Å². The van der Waals surface area contributed by atoms with Crippen LogP contribution < -0.4 is 27.6 Å². The minimum Gasteiger partial charge on any atom is -0.498 e. The van der Waals surface area contributed by atoms with Gasteiger partial charge < -0.3 is 15.6 Å². The molecule has 0 aromatic carbocycles. The second kappa shape index (κ2) is 8.69. The molecule has 1 saturated carbocycles. The molecule has 4 N–H and O–H groups in total.